The van der Waals surface area contributed by atoms with Gasteiger partial charge in [-0.15, -0.1) is 0 Å². The van der Waals surface area contributed by atoms with Gasteiger partial charge in [0.1, 0.15) is 17.7 Å². The monoisotopic (exact) mass is 513 g/mol. The summed E-state index contributed by atoms with van der Waals surface area (Å²) >= 11 is 0. The van der Waals surface area contributed by atoms with Crippen molar-refractivity contribution >= 4 is 40.6 Å². The van der Waals surface area contributed by atoms with E-state index in [1.807, 2.05) is 24.3 Å². The highest BCUT2D eigenvalue weighted by molar-refractivity contribution is 6.17. The maximum atomic E-state index is 13.4. The van der Waals surface area contributed by atoms with E-state index >= 15 is 0 Å². The number of nitrogens with one attached hydrogen (secondary N) is 4. The number of fused-ring (bicyclic) bond motifs is 1. The van der Waals surface area contributed by atoms with Crippen LogP contribution >= 0.6 is 0 Å². The Morgan fingerprint density at radius 2 is 1.74 bits per heavy atom. The van der Waals surface area contributed by atoms with Crippen LogP contribution in [-0.2, 0) is 4.79 Å². The van der Waals surface area contributed by atoms with Gasteiger partial charge in [0.15, 0.2) is 0 Å². The van der Waals surface area contributed by atoms with Gasteiger partial charge in [-0.05, 0) is 36.4 Å². The van der Waals surface area contributed by atoms with Crippen LogP contribution < -0.4 is 21.3 Å². The van der Waals surface area contributed by atoms with Gasteiger partial charge < -0.3 is 21.3 Å². The van der Waals surface area contributed by atoms with E-state index in [0.717, 1.165) is 10.7 Å². The van der Waals surface area contributed by atoms with Gasteiger partial charge in [-0.25, -0.2) is 9.59 Å². The first-order chi connectivity index (χ1) is 18.2. The number of hydrogen-bond donors (Lipinski definition) is 4. The zero-order valence-electron chi connectivity index (χ0n) is 21.8. The van der Waals surface area contributed by atoms with E-state index in [4.69, 9.17) is 0 Å². The number of aromatic nitrogens is 1. The molecule has 38 heavy (non-hydrogen) atoms. The number of nitrogens with zero attached hydrogens (tertiary/aromatic N) is 3. The number of hydrogen-bond acceptors (Lipinski definition) is 6. The molecule has 10 heteroatoms. The first kappa shape index (κ1) is 26.3. The first-order valence-electron chi connectivity index (χ1n) is 12.2. The second-order valence-corrected chi connectivity index (χ2v) is 9.81. The fraction of sp³-hybridized carbons (Fsp3) is 0.250. The van der Waals surface area contributed by atoms with Crippen molar-refractivity contribution in [2.75, 3.05) is 23.0 Å². The fourth-order valence-corrected chi connectivity index (χ4v) is 3.83. The fourth-order valence-electron chi connectivity index (χ4n) is 3.83. The van der Waals surface area contributed by atoms with Crippen LogP contribution in [0.3, 0.4) is 0 Å². The molecule has 1 aromatic heterocycles. The van der Waals surface area contributed by atoms with E-state index in [1.54, 1.807) is 76.5 Å². The number of urea groups is 2. The second-order valence-electron chi connectivity index (χ2n) is 9.81. The Morgan fingerprint density at radius 3 is 2.45 bits per heavy atom. The average Bonchev–Trinajstić information content (AvgIpc) is 3.04. The molecule has 3 aromatic rings. The molecule has 4 amide bonds. The van der Waals surface area contributed by atoms with Crippen molar-refractivity contribution in [1.82, 2.24) is 15.3 Å². The number of carbonyl (C=O) groups excluding carboxylic acids is 3. The lowest BCUT2D eigenvalue weighted by Gasteiger charge is -2.29. The minimum atomic E-state index is -1.08. The number of pyridine rings is 1. The Morgan fingerprint density at radius 1 is 1.00 bits per heavy atom. The number of carbonyl (C=O) groups is 3. The molecule has 1 unspecified atom stereocenters. The highest BCUT2D eigenvalue weighted by Crippen LogP contribution is 2.26. The standard InChI is InChI=1S/C28H31N7O3/c1-28(2,3)23(36)17-24(33-26(37)31-19-11-9-10-18(16-19)29-4)35-27(38)32-21-13-6-5-12-20(21)25(34-35)22-14-7-8-15-30-22/h5-16,24,29H,17H2,1-4H3,(H,32,38)(H2,31,33,37). The Balaban J connectivity index is 1.72. The SMILES string of the molecule is CNc1cccc(NC(=O)NC(CC(=O)C(C)(C)C)N2N=C(c3ccccn3)c3ccccc3NC2=O)c1. The molecule has 0 aliphatic carbocycles. The summed E-state index contributed by atoms with van der Waals surface area (Å²) in [5, 5.41) is 17.2. The number of benzene rings is 2. The minimum Gasteiger partial charge on any atom is -0.388 e. The summed E-state index contributed by atoms with van der Waals surface area (Å²) in [6.07, 6.45) is 0.398. The van der Waals surface area contributed by atoms with Crippen molar-refractivity contribution in [2.45, 2.75) is 33.4 Å². The normalized spacial score (nSPS) is 13.8. The molecule has 2 aromatic carbocycles. The number of anilines is 3. The molecule has 0 saturated heterocycles. The molecule has 0 radical (unpaired) electrons. The maximum Gasteiger partial charge on any atom is 0.344 e. The number of ketones is 1. The summed E-state index contributed by atoms with van der Waals surface area (Å²) < 4.78 is 0. The quantitative estimate of drug-likeness (QED) is 0.358. The molecule has 0 bridgehead atoms. The molecule has 1 aliphatic heterocycles. The molecule has 0 fully saturated rings. The highest BCUT2D eigenvalue weighted by Gasteiger charge is 2.34. The molecule has 10 nitrogen and oxygen atoms in total. The summed E-state index contributed by atoms with van der Waals surface area (Å²) in [7, 11) is 1.78. The van der Waals surface area contributed by atoms with Crippen LogP contribution in [0.15, 0.2) is 78.0 Å². The van der Waals surface area contributed by atoms with Gasteiger partial charge in [0.25, 0.3) is 0 Å². The number of para-hydroxylation sites is 1. The van der Waals surface area contributed by atoms with Crippen LogP contribution in [-0.4, -0.2) is 46.8 Å². The second kappa shape index (κ2) is 11.1. The summed E-state index contributed by atoms with van der Waals surface area (Å²) in [6, 6.07) is 18.6. The van der Waals surface area contributed by atoms with E-state index < -0.39 is 23.6 Å². The van der Waals surface area contributed by atoms with Crippen LogP contribution in [0.4, 0.5) is 26.7 Å². The zero-order chi connectivity index (χ0) is 27.3. The smallest absolute Gasteiger partial charge is 0.344 e. The van der Waals surface area contributed by atoms with Gasteiger partial charge in [0.05, 0.1) is 11.4 Å². The molecule has 0 saturated carbocycles. The summed E-state index contributed by atoms with van der Waals surface area (Å²) in [5.74, 6) is -0.149. The molecule has 0 spiro atoms. The lowest BCUT2D eigenvalue weighted by atomic mass is 9.88. The number of hydrazone groups is 1. The Bertz CT molecular complexity index is 1370. The largest absolute Gasteiger partial charge is 0.388 e. The van der Waals surface area contributed by atoms with Crippen molar-refractivity contribution in [3.63, 3.8) is 0 Å². The van der Waals surface area contributed by atoms with Gasteiger partial charge in [-0.3, -0.25) is 9.78 Å². The molecule has 4 rings (SSSR count). The molecule has 196 valence electrons. The predicted molar refractivity (Wildman–Crippen MR) is 148 cm³/mol. The summed E-state index contributed by atoms with van der Waals surface area (Å²) in [6.45, 7) is 5.37. The average molecular weight is 514 g/mol. The topological polar surface area (TPSA) is 128 Å². The van der Waals surface area contributed by atoms with Crippen molar-refractivity contribution < 1.29 is 14.4 Å². The van der Waals surface area contributed by atoms with Crippen molar-refractivity contribution in [3.8, 4) is 0 Å². The number of Topliss-reactive ketones (excluding diaryl/α,β-unsaturated/α-hetero) is 1. The molecular weight excluding hydrogens is 482 g/mol. The predicted octanol–water partition coefficient (Wildman–Crippen LogP) is 4.88. The van der Waals surface area contributed by atoms with Crippen molar-refractivity contribution in [3.05, 3.63) is 84.2 Å². The lowest BCUT2D eigenvalue weighted by molar-refractivity contribution is -0.127. The third kappa shape index (κ3) is 6.15. The molecule has 4 N–H and O–H groups in total. The van der Waals surface area contributed by atoms with Crippen LogP contribution in [0.2, 0.25) is 0 Å². The Labute approximate surface area is 221 Å². The first-order valence-corrected chi connectivity index (χ1v) is 12.2. The summed E-state index contributed by atoms with van der Waals surface area (Å²) in [5.41, 5.74) is 2.83. The molecule has 2 heterocycles. The van der Waals surface area contributed by atoms with Gasteiger partial charge in [0, 0.05) is 42.0 Å². The molecule has 1 atom stereocenters. The van der Waals surface area contributed by atoms with Gasteiger partial charge in [0.2, 0.25) is 0 Å². The van der Waals surface area contributed by atoms with Crippen LogP contribution in [0.5, 0.6) is 0 Å². The maximum absolute atomic E-state index is 13.4. The van der Waals surface area contributed by atoms with Crippen LogP contribution in [0.25, 0.3) is 0 Å². The lowest BCUT2D eigenvalue weighted by Crippen LogP contribution is -2.52. The van der Waals surface area contributed by atoms with E-state index in [9.17, 15) is 14.4 Å². The van der Waals surface area contributed by atoms with Crippen LogP contribution in [0, 0.1) is 5.41 Å². The zero-order valence-corrected chi connectivity index (χ0v) is 21.8. The molecule has 1 aliphatic rings. The van der Waals surface area contributed by atoms with E-state index in [-0.39, 0.29) is 12.2 Å². The van der Waals surface area contributed by atoms with Gasteiger partial charge in [-0.2, -0.15) is 10.1 Å². The highest BCUT2D eigenvalue weighted by atomic mass is 16.2. The Kier molecular flexibility index (Phi) is 7.71. The molecular formula is C28H31N7O3. The number of amides is 4. The van der Waals surface area contributed by atoms with Crippen molar-refractivity contribution in [2.24, 2.45) is 10.5 Å². The van der Waals surface area contributed by atoms with Crippen molar-refractivity contribution in [1.29, 1.82) is 0 Å². The summed E-state index contributed by atoms with van der Waals surface area (Å²) in [4.78, 5) is 44.1. The van der Waals surface area contributed by atoms with Gasteiger partial charge >= 0.3 is 12.1 Å². The minimum absolute atomic E-state index is 0.149. The van der Waals surface area contributed by atoms with Crippen LogP contribution in [0.1, 0.15) is 38.4 Å². The third-order valence-corrected chi connectivity index (χ3v) is 5.96. The van der Waals surface area contributed by atoms with Gasteiger partial charge in [-0.1, -0.05) is 51.1 Å². The number of rotatable bonds is 7. The Hall–Kier alpha value is -4.73. The van der Waals surface area contributed by atoms with E-state index in [0.29, 0.717) is 28.3 Å². The third-order valence-electron chi connectivity index (χ3n) is 5.96. The van der Waals surface area contributed by atoms with E-state index in [2.05, 4.69) is 31.4 Å². The van der Waals surface area contributed by atoms with E-state index in [1.165, 1.54) is 0 Å².